The lowest BCUT2D eigenvalue weighted by Crippen LogP contribution is -2.50. The minimum absolute atomic E-state index is 0.00420. The number of carbonyl (C=O) groups is 5. The molecule has 2 fully saturated rings. The number of carboxylic acid groups (broad SMARTS) is 1. The van der Waals surface area contributed by atoms with Crippen LogP contribution in [0.25, 0.3) is 0 Å². The van der Waals surface area contributed by atoms with Gasteiger partial charge in [0.05, 0.1) is 12.2 Å². The number of amides is 4. The summed E-state index contributed by atoms with van der Waals surface area (Å²) in [5, 5.41) is 13.6. The number of ether oxygens (including phenoxy) is 1. The molecule has 1 aromatic carbocycles. The maximum Gasteiger partial charge on any atom is 0.411 e. The van der Waals surface area contributed by atoms with E-state index in [4.69, 9.17) is 9.84 Å². The standard InChI is InChI=1S/C28H30F4N4O7/c1-16(28(30,31)32)36(13-17-4-6-18(29)7-5-17)22(37)14-35-15-27(43-26(35)42)11-10-19-20(27)8-9-21(24(19)40)34-25(41)33-12-2-3-23(38)39/h4-9,16,19H,2-3,10-15H2,1H3,(H,38,39)(H2,33,34,41)/t16?,19?,27-/m0/s1. The summed E-state index contributed by atoms with van der Waals surface area (Å²) < 4.78 is 59.9. The summed E-state index contributed by atoms with van der Waals surface area (Å²) in [4.78, 5) is 63.4. The molecule has 1 heterocycles. The number of urea groups is 1. The van der Waals surface area contributed by atoms with Gasteiger partial charge in [-0.3, -0.25) is 19.3 Å². The molecule has 3 N–H and O–H groups in total. The molecule has 1 spiro atoms. The van der Waals surface area contributed by atoms with E-state index in [2.05, 4.69) is 10.6 Å². The van der Waals surface area contributed by atoms with Gasteiger partial charge in [0.15, 0.2) is 11.4 Å². The molecule has 43 heavy (non-hydrogen) atoms. The van der Waals surface area contributed by atoms with Crippen LogP contribution in [0.5, 0.6) is 0 Å². The minimum Gasteiger partial charge on any atom is -0.481 e. The lowest BCUT2D eigenvalue weighted by molar-refractivity contribution is -0.187. The lowest BCUT2D eigenvalue weighted by Gasteiger charge is -2.32. The van der Waals surface area contributed by atoms with Crippen molar-refractivity contribution in [3.05, 3.63) is 59.1 Å². The Hall–Kier alpha value is -4.43. The van der Waals surface area contributed by atoms with Crippen LogP contribution in [0.2, 0.25) is 0 Å². The number of carboxylic acids is 1. The van der Waals surface area contributed by atoms with Crippen LogP contribution in [-0.4, -0.2) is 82.1 Å². The number of alkyl halides is 3. The van der Waals surface area contributed by atoms with Crippen LogP contribution in [0.1, 0.15) is 38.2 Å². The van der Waals surface area contributed by atoms with Gasteiger partial charge in [-0.05, 0) is 55.5 Å². The van der Waals surface area contributed by atoms with Crippen molar-refractivity contribution in [3.8, 4) is 0 Å². The number of nitrogens with one attached hydrogen (secondary N) is 2. The Kier molecular flexibility index (Phi) is 9.11. The van der Waals surface area contributed by atoms with Gasteiger partial charge in [0.2, 0.25) is 5.91 Å². The Labute approximate surface area is 243 Å². The molecule has 0 radical (unpaired) electrons. The van der Waals surface area contributed by atoms with Crippen molar-refractivity contribution in [2.45, 2.75) is 57.0 Å². The first-order valence-corrected chi connectivity index (χ1v) is 13.5. The van der Waals surface area contributed by atoms with Gasteiger partial charge in [-0.25, -0.2) is 14.0 Å². The van der Waals surface area contributed by atoms with Crippen LogP contribution < -0.4 is 10.6 Å². The maximum absolute atomic E-state index is 13.6. The van der Waals surface area contributed by atoms with Gasteiger partial charge in [-0.2, -0.15) is 13.2 Å². The topological polar surface area (TPSA) is 145 Å². The van der Waals surface area contributed by atoms with Crippen molar-refractivity contribution in [1.29, 1.82) is 0 Å². The molecule has 4 rings (SSSR count). The zero-order valence-corrected chi connectivity index (χ0v) is 23.1. The number of allylic oxidation sites excluding steroid dienone is 3. The molecular formula is C28H30F4N4O7. The normalized spacial score (nSPS) is 22.0. The first kappa shape index (κ1) is 31.5. The van der Waals surface area contributed by atoms with Crippen molar-refractivity contribution >= 4 is 29.8 Å². The summed E-state index contributed by atoms with van der Waals surface area (Å²) in [7, 11) is 0. The Morgan fingerprint density at radius 3 is 2.53 bits per heavy atom. The van der Waals surface area contributed by atoms with E-state index in [-0.39, 0.29) is 50.0 Å². The molecule has 4 amide bonds. The number of benzene rings is 1. The molecule has 15 heteroatoms. The number of hydrogen-bond donors (Lipinski definition) is 3. The predicted molar refractivity (Wildman–Crippen MR) is 141 cm³/mol. The average molecular weight is 611 g/mol. The smallest absolute Gasteiger partial charge is 0.411 e. The molecule has 1 aliphatic heterocycles. The van der Waals surface area contributed by atoms with Crippen LogP contribution in [0.4, 0.5) is 27.2 Å². The van der Waals surface area contributed by atoms with E-state index in [0.717, 1.165) is 24.0 Å². The first-order valence-electron chi connectivity index (χ1n) is 13.5. The highest BCUT2D eigenvalue weighted by molar-refractivity contribution is 6.03. The molecule has 11 nitrogen and oxygen atoms in total. The van der Waals surface area contributed by atoms with Crippen molar-refractivity contribution in [3.63, 3.8) is 0 Å². The number of carbonyl (C=O) groups excluding carboxylic acids is 4. The summed E-state index contributed by atoms with van der Waals surface area (Å²) >= 11 is 0. The summed E-state index contributed by atoms with van der Waals surface area (Å²) in [6.45, 7) is -0.443. The second kappa shape index (κ2) is 12.4. The van der Waals surface area contributed by atoms with E-state index in [1.54, 1.807) is 6.08 Å². The van der Waals surface area contributed by atoms with Gasteiger partial charge in [0, 0.05) is 25.4 Å². The molecule has 1 saturated heterocycles. The number of fused-ring (bicyclic) bond motifs is 2. The molecule has 1 aromatic rings. The number of rotatable bonds is 10. The zero-order chi connectivity index (χ0) is 31.5. The molecule has 0 bridgehead atoms. The number of aliphatic carboxylic acids is 1. The monoisotopic (exact) mass is 610 g/mol. The molecule has 3 aliphatic rings. The van der Waals surface area contributed by atoms with E-state index >= 15 is 0 Å². The highest BCUT2D eigenvalue weighted by Gasteiger charge is 2.56. The number of hydrogen-bond acceptors (Lipinski definition) is 6. The highest BCUT2D eigenvalue weighted by atomic mass is 19.4. The van der Waals surface area contributed by atoms with Crippen LogP contribution in [-0.2, 0) is 25.7 Å². The van der Waals surface area contributed by atoms with E-state index in [1.807, 2.05) is 0 Å². The van der Waals surface area contributed by atoms with Crippen LogP contribution in [0, 0.1) is 11.7 Å². The Balaban J connectivity index is 1.44. The van der Waals surface area contributed by atoms with Crippen molar-refractivity contribution in [2.75, 3.05) is 19.6 Å². The van der Waals surface area contributed by atoms with Gasteiger partial charge >= 0.3 is 24.3 Å². The van der Waals surface area contributed by atoms with Crippen molar-refractivity contribution in [2.24, 2.45) is 5.92 Å². The van der Waals surface area contributed by atoms with Crippen LogP contribution in [0.3, 0.4) is 0 Å². The third-order valence-corrected chi connectivity index (χ3v) is 7.69. The van der Waals surface area contributed by atoms with Gasteiger partial charge in [-0.15, -0.1) is 0 Å². The maximum atomic E-state index is 13.6. The van der Waals surface area contributed by atoms with Gasteiger partial charge in [0.25, 0.3) is 0 Å². The third kappa shape index (κ3) is 7.14. The van der Waals surface area contributed by atoms with E-state index < -0.39 is 72.4 Å². The SMILES string of the molecule is CC(N(Cc1ccc(F)cc1)C(=O)CN1C[C@]2(CCC3C(=O)C(NC(=O)NCCCC(=O)O)=CC=C32)OC1=O)C(F)(F)F. The zero-order valence-electron chi connectivity index (χ0n) is 23.1. The van der Waals surface area contributed by atoms with Crippen molar-refractivity contribution < 1.29 is 51.4 Å². The molecule has 3 atom stereocenters. The fourth-order valence-corrected chi connectivity index (χ4v) is 5.39. The Bertz CT molecular complexity index is 1360. The summed E-state index contributed by atoms with van der Waals surface area (Å²) in [5.41, 5.74) is -0.549. The predicted octanol–water partition coefficient (Wildman–Crippen LogP) is 3.26. The van der Waals surface area contributed by atoms with E-state index in [9.17, 15) is 41.5 Å². The van der Waals surface area contributed by atoms with E-state index in [1.165, 1.54) is 18.2 Å². The van der Waals surface area contributed by atoms with Gasteiger partial charge in [-0.1, -0.05) is 18.2 Å². The van der Waals surface area contributed by atoms with Crippen molar-refractivity contribution in [1.82, 2.24) is 20.4 Å². The molecule has 2 aliphatic carbocycles. The number of nitrogens with zero attached hydrogens (tertiary/aromatic N) is 2. The average Bonchev–Trinajstić information content (AvgIpc) is 3.45. The number of halogens is 4. The third-order valence-electron chi connectivity index (χ3n) is 7.69. The fraction of sp³-hybridized carbons (Fsp3) is 0.464. The number of ketones is 1. The largest absolute Gasteiger partial charge is 0.481 e. The summed E-state index contributed by atoms with van der Waals surface area (Å²) in [6, 6.07) is 1.78. The fourth-order valence-electron chi connectivity index (χ4n) is 5.39. The van der Waals surface area contributed by atoms with Crippen LogP contribution >= 0.6 is 0 Å². The van der Waals surface area contributed by atoms with Gasteiger partial charge in [0.1, 0.15) is 18.4 Å². The summed E-state index contributed by atoms with van der Waals surface area (Å²) in [6.07, 6.45) is -2.23. The molecule has 232 valence electrons. The van der Waals surface area contributed by atoms with Crippen LogP contribution in [0.15, 0.2) is 47.7 Å². The second-order valence-electron chi connectivity index (χ2n) is 10.6. The highest BCUT2D eigenvalue weighted by Crippen LogP contribution is 2.48. The Morgan fingerprint density at radius 1 is 1.19 bits per heavy atom. The minimum atomic E-state index is -4.76. The second-order valence-corrected chi connectivity index (χ2v) is 10.6. The first-order chi connectivity index (χ1) is 20.2. The molecule has 2 unspecified atom stereocenters. The van der Waals surface area contributed by atoms with E-state index in [0.29, 0.717) is 10.5 Å². The molecule has 1 saturated carbocycles. The van der Waals surface area contributed by atoms with Gasteiger partial charge < -0.3 is 25.4 Å². The lowest BCUT2D eigenvalue weighted by atomic mass is 9.85. The number of Topliss-reactive ketones (excluding diaryl/α,β-unsaturated/α-hetero) is 1. The quantitative estimate of drug-likeness (QED) is 0.272. The Morgan fingerprint density at radius 2 is 1.88 bits per heavy atom. The molecule has 0 aromatic heterocycles. The molecular weight excluding hydrogens is 580 g/mol. The summed E-state index contributed by atoms with van der Waals surface area (Å²) in [5.74, 6) is -3.74.